The molecule has 2 rings (SSSR count). The molecule has 19 heavy (non-hydrogen) atoms. The zero-order valence-electron chi connectivity index (χ0n) is 13.1. The third kappa shape index (κ3) is 3.82. The molecule has 1 nitrogen and oxygen atoms in total. The Bertz CT molecular complexity index is 414. The van der Waals surface area contributed by atoms with Crippen LogP contribution in [0.1, 0.15) is 56.2 Å². The van der Waals surface area contributed by atoms with E-state index in [2.05, 4.69) is 51.2 Å². The summed E-state index contributed by atoms with van der Waals surface area (Å²) in [7, 11) is 0. The highest BCUT2D eigenvalue weighted by Crippen LogP contribution is 2.41. The summed E-state index contributed by atoms with van der Waals surface area (Å²) in [4.78, 5) is 0. The Kier molecular flexibility index (Phi) is 4.67. The average molecular weight is 259 g/mol. The zero-order valence-corrected chi connectivity index (χ0v) is 13.1. The number of aryl methyl sites for hydroxylation is 2. The van der Waals surface area contributed by atoms with Gasteiger partial charge in [0, 0.05) is 12.6 Å². The van der Waals surface area contributed by atoms with Crippen molar-refractivity contribution in [1.29, 1.82) is 0 Å². The first-order valence-corrected chi connectivity index (χ1v) is 7.80. The Labute approximate surface area is 118 Å². The fourth-order valence-electron chi connectivity index (χ4n) is 3.36. The summed E-state index contributed by atoms with van der Waals surface area (Å²) in [6.07, 6.45) is 6.84. The number of rotatable bonds is 5. The molecule has 0 radical (unpaired) electrons. The van der Waals surface area contributed by atoms with Crippen molar-refractivity contribution >= 4 is 0 Å². The van der Waals surface area contributed by atoms with Crippen LogP contribution in [0.5, 0.6) is 0 Å². The summed E-state index contributed by atoms with van der Waals surface area (Å²) in [5.74, 6) is 0. The van der Waals surface area contributed by atoms with Crippen molar-refractivity contribution < 1.29 is 0 Å². The second-order valence-corrected chi connectivity index (χ2v) is 6.85. The Hall–Kier alpha value is -0.820. The quantitative estimate of drug-likeness (QED) is 0.826. The average Bonchev–Trinajstić information content (AvgIpc) is 2.81. The van der Waals surface area contributed by atoms with E-state index in [9.17, 15) is 0 Å². The summed E-state index contributed by atoms with van der Waals surface area (Å²) < 4.78 is 0. The lowest BCUT2D eigenvalue weighted by Gasteiger charge is -2.31. The van der Waals surface area contributed by atoms with E-state index in [1.807, 2.05) is 0 Å². The van der Waals surface area contributed by atoms with E-state index in [0.29, 0.717) is 11.5 Å². The van der Waals surface area contributed by atoms with Crippen LogP contribution < -0.4 is 5.32 Å². The van der Waals surface area contributed by atoms with Crippen molar-refractivity contribution in [2.75, 3.05) is 6.54 Å². The lowest BCUT2D eigenvalue weighted by molar-refractivity contribution is 0.268. The van der Waals surface area contributed by atoms with E-state index in [4.69, 9.17) is 0 Å². The molecule has 0 unspecified atom stereocenters. The van der Waals surface area contributed by atoms with E-state index >= 15 is 0 Å². The molecule has 0 saturated heterocycles. The van der Waals surface area contributed by atoms with Gasteiger partial charge in [-0.3, -0.25) is 0 Å². The third-order valence-electron chi connectivity index (χ3n) is 4.62. The molecule has 1 aliphatic rings. The Balaban J connectivity index is 2.13. The van der Waals surface area contributed by atoms with Crippen LogP contribution >= 0.6 is 0 Å². The van der Waals surface area contributed by atoms with Crippen LogP contribution in [0.2, 0.25) is 0 Å². The number of benzene rings is 1. The molecule has 0 atom stereocenters. The molecule has 0 aromatic heterocycles. The molecular formula is C18H29N. The minimum atomic E-state index is 0.503. The van der Waals surface area contributed by atoms with Crippen molar-refractivity contribution in [3.8, 4) is 0 Å². The SMILES string of the molecule is Cc1ccc(C)c(CC2(CNC(C)C)CCCC2)c1. The molecule has 0 spiro atoms. The predicted octanol–water partition coefficient (Wildman–Crippen LogP) is 4.40. The summed E-state index contributed by atoms with van der Waals surface area (Å²) in [5.41, 5.74) is 4.92. The van der Waals surface area contributed by atoms with Crippen LogP contribution in [0, 0.1) is 19.3 Å². The van der Waals surface area contributed by atoms with Gasteiger partial charge in [0.2, 0.25) is 0 Å². The summed E-state index contributed by atoms with van der Waals surface area (Å²) in [5, 5.41) is 3.68. The third-order valence-corrected chi connectivity index (χ3v) is 4.62. The van der Waals surface area contributed by atoms with E-state index in [1.54, 1.807) is 5.56 Å². The molecule has 0 bridgehead atoms. The molecule has 0 aliphatic heterocycles. The van der Waals surface area contributed by atoms with Crippen LogP contribution in [0.3, 0.4) is 0 Å². The van der Waals surface area contributed by atoms with Crippen molar-refractivity contribution in [3.05, 3.63) is 34.9 Å². The van der Waals surface area contributed by atoms with Gasteiger partial charge in [0.25, 0.3) is 0 Å². The minimum absolute atomic E-state index is 0.503. The van der Waals surface area contributed by atoms with E-state index in [1.165, 1.54) is 49.8 Å². The number of nitrogens with one attached hydrogen (secondary N) is 1. The molecule has 0 amide bonds. The number of hydrogen-bond acceptors (Lipinski definition) is 1. The fourth-order valence-corrected chi connectivity index (χ4v) is 3.36. The first kappa shape index (κ1) is 14.6. The second-order valence-electron chi connectivity index (χ2n) is 6.85. The van der Waals surface area contributed by atoms with Gasteiger partial charge < -0.3 is 5.32 Å². The van der Waals surface area contributed by atoms with Gasteiger partial charge in [-0.2, -0.15) is 0 Å². The highest BCUT2D eigenvalue weighted by molar-refractivity contribution is 5.31. The van der Waals surface area contributed by atoms with E-state index in [-0.39, 0.29) is 0 Å². The van der Waals surface area contributed by atoms with Crippen molar-refractivity contribution in [2.45, 2.75) is 65.8 Å². The first-order chi connectivity index (χ1) is 9.01. The van der Waals surface area contributed by atoms with Crippen LogP contribution in [-0.2, 0) is 6.42 Å². The smallest absolute Gasteiger partial charge is 0.00134 e. The van der Waals surface area contributed by atoms with Crippen LogP contribution in [-0.4, -0.2) is 12.6 Å². The minimum Gasteiger partial charge on any atom is -0.314 e. The maximum Gasteiger partial charge on any atom is 0.00134 e. The summed E-state index contributed by atoms with van der Waals surface area (Å²) in [6.45, 7) is 10.1. The lowest BCUT2D eigenvalue weighted by Crippen LogP contribution is -2.37. The molecule has 1 aliphatic carbocycles. The van der Waals surface area contributed by atoms with Gasteiger partial charge in [0.1, 0.15) is 0 Å². The summed E-state index contributed by atoms with van der Waals surface area (Å²) in [6, 6.07) is 7.50. The highest BCUT2D eigenvalue weighted by atomic mass is 14.9. The molecule has 1 fully saturated rings. The van der Waals surface area contributed by atoms with Crippen LogP contribution in [0.25, 0.3) is 0 Å². The molecule has 1 saturated carbocycles. The second kappa shape index (κ2) is 6.09. The van der Waals surface area contributed by atoms with Crippen LogP contribution in [0.4, 0.5) is 0 Å². The normalized spacial score (nSPS) is 18.2. The molecule has 1 aromatic rings. The van der Waals surface area contributed by atoms with Gasteiger partial charge in [-0.05, 0) is 49.7 Å². The molecule has 1 N–H and O–H groups in total. The Morgan fingerprint density at radius 1 is 1.16 bits per heavy atom. The van der Waals surface area contributed by atoms with Gasteiger partial charge in [-0.1, -0.05) is 50.5 Å². The monoisotopic (exact) mass is 259 g/mol. The molecule has 0 heterocycles. The molecule has 106 valence electrons. The highest BCUT2D eigenvalue weighted by Gasteiger charge is 2.34. The fraction of sp³-hybridized carbons (Fsp3) is 0.667. The van der Waals surface area contributed by atoms with Crippen molar-refractivity contribution in [2.24, 2.45) is 5.41 Å². The zero-order chi connectivity index (χ0) is 13.9. The van der Waals surface area contributed by atoms with Gasteiger partial charge in [0.15, 0.2) is 0 Å². The van der Waals surface area contributed by atoms with Gasteiger partial charge in [-0.25, -0.2) is 0 Å². The number of hydrogen-bond donors (Lipinski definition) is 1. The lowest BCUT2D eigenvalue weighted by atomic mass is 9.78. The van der Waals surface area contributed by atoms with Gasteiger partial charge in [0.05, 0.1) is 0 Å². The molecular weight excluding hydrogens is 230 g/mol. The Morgan fingerprint density at radius 3 is 2.47 bits per heavy atom. The standard InChI is InChI=1S/C18H29N/c1-14(2)19-13-18(9-5-6-10-18)12-17-11-15(3)7-8-16(17)4/h7-8,11,14,19H,5-6,9-10,12-13H2,1-4H3. The van der Waals surface area contributed by atoms with Crippen LogP contribution in [0.15, 0.2) is 18.2 Å². The van der Waals surface area contributed by atoms with Gasteiger partial charge in [-0.15, -0.1) is 0 Å². The Morgan fingerprint density at radius 2 is 1.84 bits per heavy atom. The largest absolute Gasteiger partial charge is 0.314 e. The maximum absolute atomic E-state index is 3.68. The summed E-state index contributed by atoms with van der Waals surface area (Å²) >= 11 is 0. The molecule has 1 aromatic carbocycles. The topological polar surface area (TPSA) is 12.0 Å². The van der Waals surface area contributed by atoms with Gasteiger partial charge >= 0.3 is 0 Å². The maximum atomic E-state index is 3.68. The van der Waals surface area contributed by atoms with Crippen molar-refractivity contribution in [3.63, 3.8) is 0 Å². The van der Waals surface area contributed by atoms with E-state index in [0.717, 1.165) is 0 Å². The van der Waals surface area contributed by atoms with E-state index < -0.39 is 0 Å². The van der Waals surface area contributed by atoms with Crippen molar-refractivity contribution in [1.82, 2.24) is 5.32 Å². The molecule has 1 heteroatoms. The predicted molar refractivity (Wildman–Crippen MR) is 83.7 cm³/mol. The first-order valence-electron chi connectivity index (χ1n) is 7.80.